The topological polar surface area (TPSA) is 142 Å². The average Bonchev–Trinajstić information content (AvgIpc) is 3.71. The quantitative estimate of drug-likeness (QED) is 0.296. The number of epoxide rings is 1. The highest BCUT2D eigenvalue weighted by molar-refractivity contribution is 5.98. The van der Waals surface area contributed by atoms with Gasteiger partial charge in [0.25, 0.3) is 0 Å². The van der Waals surface area contributed by atoms with Gasteiger partial charge in [0.15, 0.2) is 5.78 Å². The highest BCUT2D eigenvalue weighted by atomic mass is 16.6. The number of hydrogen-bond acceptors (Lipinski definition) is 8. The largest absolute Gasteiger partial charge is 0.379 e. The molecule has 2 aromatic rings. The van der Waals surface area contributed by atoms with Crippen LogP contribution in [0.4, 0.5) is 0 Å². The number of rotatable bonds is 13. The number of nitrogens with zero attached hydrogens (tertiary/aromatic N) is 2. The number of hydrogen-bond donors (Lipinski definition) is 3. The van der Waals surface area contributed by atoms with Gasteiger partial charge in [0.1, 0.15) is 17.7 Å². The lowest BCUT2D eigenvalue weighted by atomic mass is 9.94. The first kappa shape index (κ1) is 29.3. The summed E-state index contributed by atoms with van der Waals surface area (Å²) >= 11 is 0. The molecule has 4 atom stereocenters. The zero-order chi connectivity index (χ0) is 28.5. The van der Waals surface area contributed by atoms with E-state index in [1.54, 1.807) is 38.4 Å². The third kappa shape index (κ3) is 8.41. The molecule has 3 heterocycles. The molecule has 11 heteroatoms. The first-order valence-electron chi connectivity index (χ1n) is 13.5. The fourth-order valence-electron chi connectivity index (χ4n) is 4.53. The molecule has 2 fully saturated rings. The van der Waals surface area contributed by atoms with E-state index in [-0.39, 0.29) is 31.1 Å². The van der Waals surface area contributed by atoms with Crippen molar-refractivity contribution >= 4 is 23.5 Å². The maximum absolute atomic E-state index is 13.6. The Balaban J connectivity index is 1.44. The highest BCUT2D eigenvalue weighted by Crippen LogP contribution is 2.29. The SMILES string of the molecule is C[C@H](NC(=O)CN1CCOCC1)C(=O)N[C@@H](Cc1ccncc1)C(=O)N[C@@H](Cc1ccccc1)C(=O)[C@@]1(C)CO1. The second kappa shape index (κ2) is 13.6. The van der Waals surface area contributed by atoms with Crippen molar-refractivity contribution in [3.05, 3.63) is 66.0 Å². The van der Waals surface area contributed by atoms with Gasteiger partial charge in [-0.25, -0.2) is 0 Å². The van der Waals surface area contributed by atoms with Crippen LogP contribution < -0.4 is 16.0 Å². The van der Waals surface area contributed by atoms with Crippen LogP contribution in [0.3, 0.4) is 0 Å². The number of morpholine rings is 1. The summed E-state index contributed by atoms with van der Waals surface area (Å²) in [5.74, 6) is -1.52. The zero-order valence-electron chi connectivity index (χ0n) is 22.9. The van der Waals surface area contributed by atoms with Gasteiger partial charge in [-0.15, -0.1) is 0 Å². The van der Waals surface area contributed by atoms with Crippen LogP contribution in [-0.2, 0) is 41.5 Å². The Labute approximate surface area is 234 Å². The van der Waals surface area contributed by atoms with E-state index in [0.29, 0.717) is 32.9 Å². The second-order valence-electron chi connectivity index (χ2n) is 10.4. The Bertz CT molecular complexity index is 1170. The van der Waals surface area contributed by atoms with Gasteiger partial charge in [-0.1, -0.05) is 30.3 Å². The fraction of sp³-hybridized carbons (Fsp3) is 0.483. The number of carbonyl (C=O) groups is 4. The smallest absolute Gasteiger partial charge is 0.243 e. The lowest BCUT2D eigenvalue weighted by molar-refractivity contribution is -0.134. The molecule has 1 aromatic heterocycles. The molecule has 2 saturated heterocycles. The molecule has 0 bridgehead atoms. The molecule has 214 valence electrons. The third-order valence-electron chi connectivity index (χ3n) is 7.08. The Morgan fingerprint density at radius 2 is 1.50 bits per heavy atom. The van der Waals surface area contributed by atoms with Gasteiger partial charge in [-0.05, 0) is 43.5 Å². The van der Waals surface area contributed by atoms with Gasteiger partial charge in [0, 0.05) is 31.9 Å². The second-order valence-corrected chi connectivity index (χ2v) is 10.4. The zero-order valence-corrected chi connectivity index (χ0v) is 22.9. The third-order valence-corrected chi connectivity index (χ3v) is 7.08. The van der Waals surface area contributed by atoms with Crippen molar-refractivity contribution in [2.24, 2.45) is 0 Å². The van der Waals surface area contributed by atoms with Crippen LogP contribution >= 0.6 is 0 Å². The van der Waals surface area contributed by atoms with Crippen LogP contribution in [0, 0.1) is 0 Å². The summed E-state index contributed by atoms with van der Waals surface area (Å²) in [4.78, 5) is 58.5. The van der Waals surface area contributed by atoms with E-state index >= 15 is 0 Å². The summed E-state index contributed by atoms with van der Waals surface area (Å²) < 4.78 is 10.7. The standard InChI is InChI=1S/C29H37N5O6/c1-20(31-25(35)18-34-12-14-39-15-13-34)27(37)33-24(17-22-8-10-30-11-9-22)28(38)32-23(26(36)29(2)19-40-29)16-21-6-4-3-5-7-21/h3-11,20,23-24H,12-19H2,1-2H3,(H,31,35)(H,32,38)(H,33,37)/t20-,23-,24-,29+/m0/s1. The molecule has 1 aromatic carbocycles. The molecule has 4 rings (SSSR count). The number of amides is 3. The number of ketones is 1. The average molecular weight is 552 g/mol. The molecule has 3 amide bonds. The summed E-state index contributed by atoms with van der Waals surface area (Å²) in [6.07, 6.45) is 3.67. The molecule has 3 N–H and O–H groups in total. The first-order chi connectivity index (χ1) is 19.2. The van der Waals surface area contributed by atoms with Gasteiger partial charge >= 0.3 is 0 Å². The van der Waals surface area contributed by atoms with Crippen LogP contribution in [0.5, 0.6) is 0 Å². The summed E-state index contributed by atoms with van der Waals surface area (Å²) in [6, 6.07) is 10.2. The normalized spacial score (nSPS) is 20.9. The molecular weight excluding hydrogens is 514 g/mol. The van der Waals surface area contributed by atoms with E-state index in [1.807, 2.05) is 35.2 Å². The van der Waals surface area contributed by atoms with Crippen LogP contribution in [-0.4, -0.2) is 96.6 Å². The van der Waals surface area contributed by atoms with Gasteiger partial charge < -0.3 is 25.4 Å². The minimum atomic E-state index is -0.993. The summed E-state index contributed by atoms with van der Waals surface area (Å²) in [6.45, 7) is 6.16. The van der Waals surface area contributed by atoms with Gasteiger partial charge in [-0.2, -0.15) is 0 Å². The molecule has 0 spiro atoms. The van der Waals surface area contributed by atoms with Crippen molar-refractivity contribution in [3.63, 3.8) is 0 Å². The number of pyridine rings is 1. The van der Waals surface area contributed by atoms with Crippen LogP contribution in [0.2, 0.25) is 0 Å². The molecular formula is C29H37N5O6. The van der Waals surface area contributed by atoms with Crippen LogP contribution in [0.1, 0.15) is 25.0 Å². The monoisotopic (exact) mass is 551 g/mol. The van der Waals surface area contributed by atoms with E-state index in [0.717, 1.165) is 11.1 Å². The van der Waals surface area contributed by atoms with Gasteiger partial charge in [0.05, 0.1) is 32.4 Å². The van der Waals surface area contributed by atoms with E-state index in [4.69, 9.17) is 9.47 Å². The first-order valence-corrected chi connectivity index (χ1v) is 13.5. The minimum absolute atomic E-state index is 0.159. The maximum Gasteiger partial charge on any atom is 0.243 e. The number of aromatic nitrogens is 1. The summed E-state index contributed by atoms with van der Waals surface area (Å²) in [5.41, 5.74) is 0.732. The van der Waals surface area contributed by atoms with E-state index in [9.17, 15) is 19.2 Å². The fourth-order valence-corrected chi connectivity index (χ4v) is 4.53. The van der Waals surface area contributed by atoms with Crippen LogP contribution in [0.25, 0.3) is 0 Å². The van der Waals surface area contributed by atoms with E-state index in [1.165, 1.54) is 0 Å². The van der Waals surface area contributed by atoms with Gasteiger partial charge in [-0.3, -0.25) is 29.1 Å². The Hall–Kier alpha value is -3.67. The highest BCUT2D eigenvalue weighted by Gasteiger charge is 2.50. The molecule has 2 aliphatic heterocycles. The number of Topliss-reactive ketones (excluding diaryl/α,β-unsaturated/α-hetero) is 1. The Kier molecular flexibility index (Phi) is 9.97. The predicted octanol–water partition coefficient (Wildman–Crippen LogP) is 0.0313. The lowest BCUT2D eigenvalue weighted by Gasteiger charge is -2.27. The Morgan fingerprint density at radius 1 is 0.900 bits per heavy atom. The summed E-state index contributed by atoms with van der Waals surface area (Å²) in [7, 11) is 0. The minimum Gasteiger partial charge on any atom is -0.379 e. The maximum atomic E-state index is 13.6. The number of nitrogens with one attached hydrogen (secondary N) is 3. The summed E-state index contributed by atoms with van der Waals surface area (Å²) in [5, 5.41) is 8.35. The molecule has 0 saturated carbocycles. The Morgan fingerprint density at radius 3 is 2.15 bits per heavy atom. The molecule has 11 nitrogen and oxygen atoms in total. The molecule has 0 unspecified atom stereocenters. The van der Waals surface area contributed by atoms with Crippen molar-refractivity contribution in [1.82, 2.24) is 25.8 Å². The van der Waals surface area contributed by atoms with E-state index in [2.05, 4.69) is 20.9 Å². The number of ether oxygens (including phenoxy) is 2. The molecule has 2 aliphatic rings. The van der Waals surface area contributed by atoms with Crippen LogP contribution in [0.15, 0.2) is 54.9 Å². The van der Waals surface area contributed by atoms with Crippen molar-refractivity contribution in [3.8, 4) is 0 Å². The van der Waals surface area contributed by atoms with Crippen molar-refractivity contribution in [1.29, 1.82) is 0 Å². The predicted molar refractivity (Wildman–Crippen MR) is 146 cm³/mol. The molecule has 0 radical (unpaired) electrons. The lowest BCUT2D eigenvalue weighted by Crippen LogP contribution is -2.57. The van der Waals surface area contributed by atoms with Crippen molar-refractivity contribution < 1.29 is 28.7 Å². The van der Waals surface area contributed by atoms with E-state index < -0.39 is 35.5 Å². The molecule has 40 heavy (non-hydrogen) atoms. The van der Waals surface area contributed by atoms with Gasteiger partial charge in [0.2, 0.25) is 17.7 Å². The number of benzene rings is 1. The molecule has 0 aliphatic carbocycles. The van der Waals surface area contributed by atoms with Crippen molar-refractivity contribution in [2.45, 2.75) is 50.4 Å². The van der Waals surface area contributed by atoms with Crippen molar-refractivity contribution in [2.75, 3.05) is 39.5 Å². The number of carbonyl (C=O) groups excluding carboxylic acids is 4.